The first-order valence-electron chi connectivity index (χ1n) is 5.89. The van der Waals surface area contributed by atoms with Gasteiger partial charge >= 0.3 is 0 Å². The summed E-state index contributed by atoms with van der Waals surface area (Å²) in [4.78, 5) is 0. The number of hydrogen-bond acceptors (Lipinski definition) is 2. The molecule has 0 aliphatic carbocycles. The first-order chi connectivity index (χ1) is 9.34. The summed E-state index contributed by atoms with van der Waals surface area (Å²) in [5.41, 5.74) is 0.735. The molecule has 1 aromatic carbocycles. The molecule has 1 unspecified atom stereocenters. The van der Waals surface area contributed by atoms with Gasteiger partial charge in [0.2, 0.25) is 0 Å². The fourth-order valence-electron chi connectivity index (χ4n) is 1.92. The number of hydrogen-bond donors (Lipinski definition) is 1. The van der Waals surface area contributed by atoms with Crippen LogP contribution in [0.2, 0.25) is 0 Å². The maximum absolute atomic E-state index is 13.6. The normalized spacial score (nSPS) is 13.0. The Morgan fingerprint density at radius 3 is 2.50 bits per heavy atom. The molecule has 0 spiro atoms. The second-order valence-electron chi connectivity index (χ2n) is 4.58. The van der Waals surface area contributed by atoms with E-state index in [0.717, 1.165) is 6.07 Å². The molecule has 1 N–H and O–H groups in total. The Balaban J connectivity index is 2.55. The molecule has 0 amide bonds. The van der Waals surface area contributed by atoms with Crippen molar-refractivity contribution in [2.75, 3.05) is 0 Å². The second-order valence-corrected chi connectivity index (χ2v) is 6.23. The van der Waals surface area contributed by atoms with Crippen LogP contribution in [0.5, 0.6) is 0 Å². The third-order valence-corrected chi connectivity index (χ3v) is 4.31. The third kappa shape index (κ3) is 2.66. The van der Waals surface area contributed by atoms with Crippen LogP contribution in [0.1, 0.15) is 37.3 Å². The summed E-state index contributed by atoms with van der Waals surface area (Å²) in [6.45, 7) is 3.83. The molecular formula is C13H12Br2F2N2O. The van der Waals surface area contributed by atoms with Crippen molar-refractivity contribution in [3.05, 3.63) is 50.2 Å². The Hall–Kier alpha value is -0.790. The molecule has 1 heterocycles. The lowest BCUT2D eigenvalue weighted by molar-refractivity contribution is 0.202. The van der Waals surface area contributed by atoms with Crippen LogP contribution in [0.25, 0.3) is 0 Å². The quantitative estimate of drug-likeness (QED) is 0.765. The lowest BCUT2D eigenvalue weighted by atomic mass is 10.1. The van der Waals surface area contributed by atoms with Crippen molar-refractivity contribution in [1.82, 2.24) is 9.78 Å². The van der Waals surface area contributed by atoms with Crippen LogP contribution in [0.4, 0.5) is 8.78 Å². The molecule has 0 saturated heterocycles. The predicted molar refractivity (Wildman–Crippen MR) is 78.4 cm³/mol. The summed E-state index contributed by atoms with van der Waals surface area (Å²) in [7, 11) is 0. The zero-order valence-electron chi connectivity index (χ0n) is 10.7. The highest BCUT2D eigenvalue weighted by atomic mass is 79.9. The lowest BCUT2D eigenvalue weighted by Gasteiger charge is -2.18. The van der Waals surface area contributed by atoms with Crippen molar-refractivity contribution < 1.29 is 13.9 Å². The number of aliphatic hydroxyl groups is 1. The molecule has 1 atom stereocenters. The third-order valence-electron chi connectivity index (χ3n) is 2.89. The molecule has 3 nitrogen and oxygen atoms in total. The van der Waals surface area contributed by atoms with Gasteiger partial charge in [0.25, 0.3) is 0 Å². The molecule has 1 aromatic heterocycles. The maximum atomic E-state index is 13.6. The minimum absolute atomic E-state index is 0.0232. The SMILES string of the molecule is CC(C)n1ncc(Br)c1C(O)c1ccc(F)c(F)c1Br. The van der Waals surface area contributed by atoms with Gasteiger partial charge in [0.15, 0.2) is 11.6 Å². The summed E-state index contributed by atoms with van der Waals surface area (Å²) >= 11 is 6.30. The topological polar surface area (TPSA) is 38.0 Å². The van der Waals surface area contributed by atoms with Crippen LogP contribution >= 0.6 is 31.9 Å². The molecule has 0 bridgehead atoms. The highest BCUT2D eigenvalue weighted by molar-refractivity contribution is 9.10. The number of rotatable bonds is 3. The van der Waals surface area contributed by atoms with Crippen LogP contribution in [-0.4, -0.2) is 14.9 Å². The van der Waals surface area contributed by atoms with Gasteiger partial charge in [-0.3, -0.25) is 4.68 Å². The van der Waals surface area contributed by atoms with Crippen molar-refractivity contribution >= 4 is 31.9 Å². The lowest BCUT2D eigenvalue weighted by Crippen LogP contribution is -2.13. The van der Waals surface area contributed by atoms with Gasteiger partial charge in [-0.15, -0.1) is 0 Å². The van der Waals surface area contributed by atoms with Crippen LogP contribution in [0, 0.1) is 11.6 Å². The summed E-state index contributed by atoms with van der Waals surface area (Å²) in [6, 6.07) is 2.36. The second kappa shape index (κ2) is 5.91. The highest BCUT2D eigenvalue weighted by Gasteiger charge is 2.24. The zero-order chi connectivity index (χ0) is 15.0. The summed E-state index contributed by atoms with van der Waals surface area (Å²) in [5.74, 6) is -1.99. The number of aliphatic hydroxyl groups excluding tert-OH is 1. The Kier molecular flexibility index (Phi) is 4.61. The largest absolute Gasteiger partial charge is 0.382 e. The molecule has 20 heavy (non-hydrogen) atoms. The molecule has 0 fully saturated rings. The fraction of sp³-hybridized carbons (Fsp3) is 0.308. The van der Waals surface area contributed by atoms with Gasteiger partial charge in [0, 0.05) is 11.6 Å². The summed E-state index contributed by atoms with van der Waals surface area (Å²) in [5, 5.41) is 14.6. The van der Waals surface area contributed by atoms with E-state index in [1.807, 2.05) is 13.8 Å². The maximum Gasteiger partial charge on any atom is 0.173 e. The van der Waals surface area contributed by atoms with Crippen molar-refractivity contribution in [2.24, 2.45) is 0 Å². The van der Waals surface area contributed by atoms with Crippen molar-refractivity contribution in [2.45, 2.75) is 26.0 Å². The van der Waals surface area contributed by atoms with Gasteiger partial charge < -0.3 is 5.11 Å². The monoisotopic (exact) mass is 408 g/mol. The van der Waals surface area contributed by atoms with Crippen LogP contribution in [0.3, 0.4) is 0 Å². The first kappa shape index (κ1) is 15.6. The van der Waals surface area contributed by atoms with E-state index in [1.54, 1.807) is 10.9 Å². The smallest absolute Gasteiger partial charge is 0.173 e. The number of benzene rings is 1. The molecule has 0 saturated carbocycles. The molecule has 2 rings (SSSR count). The fourth-order valence-corrected chi connectivity index (χ4v) is 2.95. The molecular weight excluding hydrogens is 398 g/mol. The average Bonchev–Trinajstić information content (AvgIpc) is 2.77. The molecule has 2 aromatic rings. The molecule has 7 heteroatoms. The van der Waals surface area contributed by atoms with E-state index in [1.165, 1.54) is 6.07 Å². The number of halogens is 4. The van der Waals surface area contributed by atoms with Gasteiger partial charge in [0.05, 0.1) is 20.8 Å². The number of nitrogens with zero attached hydrogens (tertiary/aromatic N) is 2. The first-order valence-corrected chi connectivity index (χ1v) is 7.47. The van der Waals surface area contributed by atoms with Gasteiger partial charge in [-0.1, -0.05) is 6.07 Å². The van der Waals surface area contributed by atoms with E-state index in [-0.39, 0.29) is 16.1 Å². The Bertz CT molecular complexity index is 644. The van der Waals surface area contributed by atoms with Gasteiger partial charge in [0.1, 0.15) is 6.10 Å². The van der Waals surface area contributed by atoms with Crippen LogP contribution in [0.15, 0.2) is 27.3 Å². The average molecular weight is 410 g/mol. The Morgan fingerprint density at radius 2 is 1.90 bits per heavy atom. The molecule has 108 valence electrons. The molecule has 0 radical (unpaired) electrons. The van der Waals surface area contributed by atoms with E-state index in [4.69, 9.17) is 0 Å². The van der Waals surface area contributed by atoms with Crippen LogP contribution in [-0.2, 0) is 0 Å². The van der Waals surface area contributed by atoms with E-state index >= 15 is 0 Å². The van der Waals surface area contributed by atoms with Crippen LogP contribution < -0.4 is 0 Å². The van der Waals surface area contributed by atoms with Crippen molar-refractivity contribution in [3.63, 3.8) is 0 Å². The van der Waals surface area contributed by atoms with Gasteiger partial charge in [-0.05, 0) is 51.8 Å². The minimum Gasteiger partial charge on any atom is -0.382 e. The summed E-state index contributed by atoms with van der Waals surface area (Å²) < 4.78 is 28.9. The van der Waals surface area contributed by atoms with E-state index < -0.39 is 17.7 Å². The minimum atomic E-state index is -1.13. The molecule has 0 aliphatic heterocycles. The van der Waals surface area contributed by atoms with E-state index in [9.17, 15) is 13.9 Å². The summed E-state index contributed by atoms with van der Waals surface area (Å²) in [6.07, 6.45) is 0.436. The van der Waals surface area contributed by atoms with Crippen molar-refractivity contribution in [3.8, 4) is 0 Å². The standard InChI is InChI=1S/C13H12Br2F2N2O/c1-6(2)19-12(8(14)5-18-19)13(20)7-3-4-9(16)11(17)10(7)15/h3-6,13,20H,1-2H3. The van der Waals surface area contributed by atoms with E-state index in [2.05, 4.69) is 37.0 Å². The van der Waals surface area contributed by atoms with Crippen molar-refractivity contribution in [1.29, 1.82) is 0 Å². The highest BCUT2D eigenvalue weighted by Crippen LogP contribution is 2.35. The van der Waals surface area contributed by atoms with E-state index in [0.29, 0.717) is 10.2 Å². The predicted octanol–water partition coefficient (Wildman–Crippen LogP) is 4.35. The Labute approximate surface area is 131 Å². The van der Waals surface area contributed by atoms with Gasteiger partial charge in [-0.2, -0.15) is 5.10 Å². The molecule has 0 aliphatic rings. The Morgan fingerprint density at radius 1 is 1.25 bits per heavy atom. The zero-order valence-corrected chi connectivity index (χ0v) is 13.9. The van der Waals surface area contributed by atoms with Gasteiger partial charge in [-0.25, -0.2) is 8.78 Å². The number of aromatic nitrogens is 2.